The number of nitrogens with two attached hydrogens (primary N) is 1. The Morgan fingerprint density at radius 2 is 2.05 bits per heavy atom. The van der Waals surface area contributed by atoms with Crippen molar-refractivity contribution in [1.82, 2.24) is 4.98 Å². The van der Waals surface area contributed by atoms with Gasteiger partial charge in [-0.25, -0.2) is 13.6 Å². The van der Waals surface area contributed by atoms with Crippen LogP contribution in [0.1, 0.15) is 33.6 Å². The van der Waals surface area contributed by atoms with Gasteiger partial charge in [0.25, 0.3) is 6.43 Å². The van der Waals surface area contributed by atoms with E-state index in [2.05, 4.69) is 9.72 Å². The first-order valence-corrected chi connectivity index (χ1v) is 4.89. The number of rotatable bonds is 3. The van der Waals surface area contributed by atoms with E-state index in [0.29, 0.717) is 6.20 Å². The first kappa shape index (κ1) is 15.3. The Kier molecular flexibility index (Phi) is 4.40. The maximum atomic E-state index is 12.9. The minimum Gasteiger partial charge on any atom is -0.465 e. The average molecular weight is 284 g/mol. The van der Waals surface area contributed by atoms with Crippen molar-refractivity contribution >= 4 is 5.97 Å². The molecule has 0 amide bonds. The van der Waals surface area contributed by atoms with Crippen molar-refractivity contribution in [2.24, 2.45) is 5.73 Å². The van der Waals surface area contributed by atoms with Gasteiger partial charge in [-0.1, -0.05) is 0 Å². The molecule has 0 spiro atoms. The number of carbonyl (C=O) groups excluding carboxylic acids is 1. The number of hydrogen-bond donors (Lipinski definition) is 1. The normalized spacial score (nSPS) is 11.8. The van der Waals surface area contributed by atoms with E-state index in [4.69, 9.17) is 5.73 Å². The number of ether oxygens (including phenoxy) is 1. The molecule has 19 heavy (non-hydrogen) atoms. The zero-order chi connectivity index (χ0) is 14.8. The molecular weight excluding hydrogens is 275 g/mol. The Morgan fingerprint density at radius 3 is 2.42 bits per heavy atom. The summed E-state index contributed by atoms with van der Waals surface area (Å²) in [7, 11) is 0.792. The highest BCUT2D eigenvalue weighted by Gasteiger charge is 2.41. The number of nitrogens with zero attached hydrogens (tertiary/aromatic N) is 1. The standard InChI is InChI=1S/C10H9F5N2O2/c1-19-9(18)6-4(8(11)12)3-17-5(2-16)7(6)10(13,14)15/h3,8H,2,16H2,1H3. The molecule has 0 saturated heterocycles. The summed E-state index contributed by atoms with van der Waals surface area (Å²) >= 11 is 0. The van der Waals surface area contributed by atoms with Crippen LogP contribution in [0.4, 0.5) is 22.0 Å². The maximum absolute atomic E-state index is 12.9. The van der Waals surface area contributed by atoms with Gasteiger partial charge in [0.1, 0.15) is 0 Å². The zero-order valence-electron chi connectivity index (χ0n) is 9.59. The van der Waals surface area contributed by atoms with Gasteiger partial charge in [-0.3, -0.25) is 4.98 Å². The van der Waals surface area contributed by atoms with E-state index in [9.17, 15) is 26.7 Å². The number of methoxy groups -OCH3 is 1. The van der Waals surface area contributed by atoms with Crippen molar-refractivity contribution in [3.63, 3.8) is 0 Å². The summed E-state index contributed by atoms with van der Waals surface area (Å²) in [5.41, 5.74) is 0.409. The summed E-state index contributed by atoms with van der Waals surface area (Å²) in [5.74, 6) is -1.51. The van der Waals surface area contributed by atoms with Crippen LogP contribution in [0.3, 0.4) is 0 Å². The van der Waals surface area contributed by atoms with Crippen LogP contribution in [0.25, 0.3) is 0 Å². The number of aromatic nitrogens is 1. The average Bonchev–Trinajstić information content (AvgIpc) is 2.34. The second kappa shape index (κ2) is 5.47. The molecule has 9 heteroatoms. The molecule has 0 aromatic carbocycles. The van der Waals surface area contributed by atoms with Crippen LogP contribution in [0.5, 0.6) is 0 Å². The molecule has 0 atom stereocenters. The van der Waals surface area contributed by atoms with E-state index >= 15 is 0 Å². The van der Waals surface area contributed by atoms with Crippen molar-refractivity contribution in [1.29, 1.82) is 0 Å². The highest BCUT2D eigenvalue weighted by atomic mass is 19.4. The largest absolute Gasteiger partial charge is 0.465 e. The quantitative estimate of drug-likeness (QED) is 0.683. The Hall–Kier alpha value is -1.77. The molecule has 1 aromatic heterocycles. The molecule has 0 aliphatic carbocycles. The van der Waals surface area contributed by atoms with Gasteiger partial charge >= 0.3 is 12.1 Å². The minimum atomic E-state index is -5.05. The van der Waals surface area contributed by atoms with Gasteiger partial charge in [0.05, 0.1) is 29.5 Å². The monoisotopic (exact) mass is 284 g/mol. The van der Waals surface area contributed by atoms with Crippen molar-refractivity contribution in [2.45, 2.75) is 19.1 Å². The summed E-state index contributed by atoms with van der Waals surface area (Å²) in [6, 6.07) is 0. The van der Waals surface area contributed by atoms with Gasteiger partial charge in [-0.2, -0.15) is 13.2 Å². The first-order chi connectivity index (χ1) is 8.73. The molecule has 0 aliphatic rings. The number of halogens is 5. The van der Waals surface area contributed by atoms with Crippen LogP contribution in [0, 0.1) is 0 Å². The van der Waals surface area contributed by atoms with E-state index in [-0.39, 0.29) is 0 Å². The molecule has 1 rings (SSSR count). The number of alkyl halides is 5. The van der Waals surface area contributed by atoms with Crippen molar-refractivity contribution in [3.05, 3.63) is 28.6 Å². The Balaban J connectivity index is 3.71. The molecule has 0 aliphatic heterocycles. The molecule has 0 bridgehead atoms. The molecule has 0 saturated carbocycles. The molecule has 0 radical (unpaired) electrons. The predicted molar refractivity (Wildman–Crippen MR) is 53.4 cm³/mol. The third kappa shape index (κ3) is 2.98. The van der Waals surface area contributed by atoms with Crippen LogP contribution >= 0.6 is 0 Å². The molecule has 0 unspecified atom stereocenters. The summed E-state index contributed by atoms with van der Waals surface area (Å²) in [6.07, 6.45) is -7.85. The number of hydrogen-bond acceptors (Lipinski definition) is 4. The van der Waals surface area contributed by atoms with Gasteiger partial charge < -0.3 is 10.5 Å². The fraction of sp³-hybridized carbons (Fsp3) is 0.400. The summed E-state index contributed by atoms with van der Waals surface area (Å²) in [6.45, 7) is -0.650. The molecule has 0 fully saturated rings. The van der Waals surface area contributed by atoms with Crippen LogP contribution in [0.15, 0.2) is 6.20 Å². The number of pyridine rings is 1. The van der Waals surface area contributed by atoms with Crippen LogP contribution in [-0.2, 0) is 17.5 Å². The smallest absolute Gasteiger partial charge is 0.419 e. The van der Waals surface area contributed by atoms with Gasteiger partial charge in [0.2, 0.25) is 0 Å². The zero-order valence-corrected chi connectivity index (χ0v) is 9.59. The molecule has 2 N–H and O–H groups in total. The molecule has 106 valence electrons. The third-order valence-corrected chi connectivity index (χ3v) is 2.29. The summed E-state index contributed by atoms with van der Waals surface area (Å²) in [4.78, 5) is 14.6. The van der Waals surface area contributed by atoms with Crippen LogP contribution in [0.2, 0.25) is 0 Å². The SMILES string of the molecule is COC(=O)c1c(C(F)F)cnc(CN)c1C(F)(F)F. The van der Waals surface area contributed by atoms with Crippen molar-refractivity contribution < 1.29 is 31.5 Å². The lowest BCUT2D eigenvalue weighted by Crippen LogP contribution is -2.22. The van der Waals surface area contributed by atoms with Gasteiger partial charge in [-0.15, -0.1) is 0 Å². The lowest BCUT2D eigenvalue weighted by atomic mass is 10.0. The second-order valence-corrected chi connectivity index (χ2v) is 3.40. The summed E-state index contributed by atoms with van der Waals surface area (Å²) < 4.78 is 68.1. The predicted octanol–water partition coefficient (Wildman–Crippen LogP) is 2.28. The van der Waals surface area contributed by atoms with Crippen LogP contribution < -0.4 is 5.73 Å². The lowest BCUT2D eigenvalue weighted by Gasteiger charge is -2.17. The molecule has 4 nitrogen and oxygen atoms in total. The first-order valence-electron chi connectivity index (χ1n) is 4.89. The minimum absolute atomic E-state index is 0.494. The third-order valence-electron chi connectivity index (χ3n) is 2.29. The molecule has 1 aromatic rings. The lowest BCUT2D eigenvalue weighted by molar-refractivity contribution is -0.139. The number of carbonyl (C=O) groups is 1. The van der Waals surface area contributed by atoms with E-state index in [1.165, 1.54) is 0 Å². The second-order valence-electron chi connectivity index (χ2n) is 3.40. The van der Waals surface area contributed by atoms with Crippen LogP contribution in [-0.4, -0.2) is 18.1 Å². The van der Waals surface area contributed by atoms with Gasteiger partial charge in [-0.05, 0) is 0 Å². The van der Waals surface area contributed by atoms with Crippen molar-refractivity contribution in [3.8, 4) is 0 Å². The maximum Gasteiger partial charge on any atom is 0.419 e. The summed E-state index contributed by atoms with van der Waals surface area (Å²) in [5, 5.41) is 0. The van der Waals surface area contributed by atoms with E-state index in [1.807, 2.05) is 0 Å². The fourth-order valence-electron chi connectivity index (χ4n) is 1.51. The van der Waals surface area contributed by atoms with Crippen molar-refractivity contribution in [2.75, 3.05) is 7.11 Å². The highest BCUT2D eigenvalue weighted by molar-refractivity contribution is 5.93. The highest BCUT2D eigenvalue weighted by Crippen LogP contribution is 2.37. The molecule has 1 heterocycles. The van der Waals surface area contributed by atoms with Gasteiger partial charge in [0.15, 0.2) is 0 Å². The Morgan fingerprint density at radius 1 is 1.47 bits per heavy atom. The molecular formula is C10H9F5N2O2. The Bertz CT molecular complexity index is 488. The van der Waals surface area contributed by atoms with E-state index in [0.717, 1.165) is 7.11 Å². The Labute approximate surface area is 104 Å². The topological polar surface area (TPSA) is 65.2 Å². The number of esters is 1. The fourth-order valence-corrected chi connectivity index (χ4v) is 1.51. The van der Waals surface area contributed by atoms with E-state index in [1.54, 1.807) is 0 Å². The van der Waals surface area contributed by atoms with E-state index < -0.39 is 47.5 Å². The van der Waals surface area contributed by atoms with Gasteiger partial charge in [0, 0.05) is 12.7 Å².